The molecule has 3 aromatic carbocycles. The molecule has 4 aromatic rings. The number of phenolic OH excluding ortho intramolecular Hbond substituents is 1. The lowest BCUT2D eigenvalue weighted by atomic mass is 9.96. The largest absolute Gasteiger partial charge is 0.508 e. The number of aliphatic hydroxyl groups is 1. The van der Waals surface area contributed by atoms with Crippen molar-refractivity contribution in [2.75, 3.05) is 39.4 Å². The van der Waals surface area contributed by atoms with Crippen LogP contribution in [0, 0.1) is 6.92 Å². The highest BCUT2D eigenvalue weighted by Gasteiger charge is 2.24. The summed E-state index contributed by atoms with van der Waals surface area (Å²) in [4.78, 5) is 6.13. The van der Waals surface area contributed by atoms with Crippen LogP contribution in [0.4, 0.5) is 0 Å². The van der Waals surface area contributed by atoms with Gasteiger partial charge in [-0.2, -0.15) is 0 Å². The molecule has 6 rings (SSSR count). The Bertz CT molecular complexity index is 1440. The molecule has 2 fully saturated rings. The molecule has 2 saturated heterocycles. The van der Waals surface area contributed by atoms with Crippen LogP contribution in [0.3, 0.4) is 0 Å². The number of aryl methyl sites for hydroxylation is 1. The molecule has 1 atom stereocenters. The summed E-state index contributed by atoms with van der Waals surface area (Å²) in [6.45, 7) is 8.50. The summed E-state index contributed by atoms with van der Waals surface area (Å²) in [5.41, 5.74) is 6.41. The average Bonchev–Trinajstić information content (AvgIpc) is 3.71. The maximum absolute atomic E-state index is 10.2. The van der Waals surface area contributed by atoms with Gasteiger partial charge in [0.05, 0.1) is 6.61 Å². The van der Waals surface area contributed by atoms with E-state index >= 15 is 0 Å². The van der Waals surface area contributed by atoms with Gasteiger partial charge in [0, 0.05) is 28.7 Å². The fourth-order valence-corrected chi connectivity index (χ4v) is 7.59. The third kappa shape index (κ3) is 6.06. The number of ether oxygens (including phenoxy) is 1. The molecule has 0 amide bonds. The van der Waals surface area contributed by atoms with E-state index in [1.807, 2.05) is 6.07 Å². The minimum absolute atomic E-state index is 0.242. The number of fused-ring (bicyclic) bond motifs is 1. The molecule has 0 bridgehead atoms. The molecule has 2 N–H and O–H groups in total. The van der Waals surface area contributed by atoms with Gasteiger partial charge in [0.15, 0.2) is 0 Å². The molecule has 0 unspecified atom stereocenters. The number of likely N-dealkylation sites (tertiary alicyclic amines) is 2. The first-order valence-corrected chi connectivity index (χ1v) is 15.5. The van der Waals surface area contributed by atoms with Crippen LogP contribution in [0.2, 0.25) is 0 Å². The SMILES string of the molecule is Cc1cc(Cc2c(-c3ccc(OCCN4CCCC4)cc3)sc3cc(O)ccc23)ccc1CN1CCC[C@H]1CO. The van der Waals surface area contributed by atoms with Crippen molar-refractivity contribution in [3.8, 4) is 21.9 Å². The normalized spacial score (nSPS) is 18.2. The van der Waals surface area contributed by atoms with E-state index in [4.69, 9.17) is 4.74 Å². The summed E-state index contributed by atoms with van der Waals surface area (Å²) in [6.07, 6.45) is 5.69. The molecule has 5 nitrogen and oxygen atoms in total. The Kier molecular flexibility index (Phi) is 8.40. The summed E-state index contributed by atoms with van der Waals surface area (Å²) in [7, 11) is 0. The van der Waals surface area contributed by atoms with E-state index in [0.29, 0.717) is 5.75 Å². The highest BCUT2D eigenvalue weighted by atomic mass is 32.1. The van der Waals surface area contributed by atoms with Crippen molar-refractivity contribution in [3.05, 3.63) is 82.9 Å². The lowest BCUT2D eigenvalue weighted by molar-refractivity contribution is 0.153. The highest BCUT2D eigenvalue weighted by Crippen LogP contribution is 2.41. The zero-order chi connectivity index (χ0) is 27.5. The number of hydrogen-bond acceptors (Lipinski definition) is 6. The Morgan fingerprint density at radius 3 is 2.55 bits per heavy atom. The molecule has 0 saturated carbocycles. The highest BCUT2D eigenvalue weighted by molar-refractivity contribution is 7.22. The molecule has 0 spiro atoms. The third-order valence-corrected chi connectivity index (χ3v) is 9.88. The average molecular weight is 557 g/mol. The fraction of sp³-hybridized carbons (Fsp3) is 0.412. The van der Waals surface area contributed by atoms with Gasteiger partial charge in [-0.05, 0) is 134 Å². The summed E-state index contributed by atoms with van der Waals surface area (Å²) in [6, 6.07) is 21.4. The first-order chi connectivity index (χ1) is 19.6. The van der Waals surface area contributed by atoms with Crippen LogP contribution in [0.1, 0.15) is 47.9 Å². The number of rotatable bonds is 10. The Morgan fingerprint density at radius 2 is 1.77 bits per heavy atom. The van der Waals surface area contributed by atoms with E-state index in [1.54, 1.807) is 17.4 Å². The predicted molar refractivity (Wildman–Crippen MR) is 165 cm³/mol. The quantitative estimate of drug-likeness (QED) is 0.230. The van der Waals surface area contributed by atoms with Gasteiger partial charge in [0.1, 0.15) is 18.1 Å². The number of benzene rings is 3. The number of phenols is 1. The number of aliphatic hydroxyl groups excluding tert-OH is 1. The molecule has 40 heavy (non-hydrogen) atoms. The van der Waals surface area contributed by atoms with E-state index in [-0.39, 0.29) is 12.6 Å². The molecule has 2 aliphatic rings. The van der Waals surface area contributed by atoms with Crippen molar-refractivity contribution in [3.63, 3.8) is 0 Å². The van der Waals surface area contributed by atoms with E-state index in [1.165, 1.54) is 64.0 Å². The van der Waals surface area contributed by atoms with Crippen molar-refractivity contribution >= 4 is 21.4 Å². The van der Waals surface area contributed by atoms with Gasteiger partial charge in [-0.1, -0.05) is 18.2 Å². The van der Waals surface area contributed by atoms with E-state index in [0.717, 1.165) is 56.0 Å². The Morgan fingerprint density at radius 1 is 0.950 bits per heavy atom. The summed E-state index contributed by atoms with van der Waals surface area (Å²) < 4.78 is 7.16. The maximum atomic E-state index is 10.2. The summed E-state index contributed by atoms with van der Waals surface area (Å²) in [5, 5.41) is 21.1. The lowest BCUT2D eigenvalue weighted by Crippen LogP contribution is -2.31. The third-order valence-electron chi connectivity index (χ3n) is 8.64. The van der Waals surface area contributed by atoms with E-state index in [2.05, 4.69) is 65.3 Å². The zero-order valence-electron chi connectivity index (χ0n) is 23.4. The van der Waals surface area contributed by atoms with Gasteiger partial charge in [-0.3, -0.25) is 9.80 Å². The van der Waals surface area contributed by atoms with Crippen molar-refractivity contribution in [1.29, 1.82) is 0 Å². The Hall–Kier alpha value is -2.90. The van der Waals surface area contributed by atoms with Crippen LogP contribution in [-0.4, -0.2) is 65.4 Å². The van der Waals surface area contributed by atoms with Gasteiger partial charge in [0.25, 0.3) is 0 Å². The molecule has 2 aliphatic heterocycles. The first kappa shape index (κ1) is 27.3. The number of aromatic hydroxyl groups is 1. The van der Waals surface area contributed by atoms with Gasteiger partial charge in [0.2, 0.25) is 0 Å². The topological polar surface area (TPSA) is 56.2 Å². The molecular weight excluding hydrogens is 516 g/mol. The second kappa shape index (κ2) is 12.3. The van der Waals surface area contributed by atoms with Crippen LogP contribution in [0.15, 0.2) is 60.7 Å². The number of thiophene rings is 1. The van der Waals surface area contributed by atoms with Crippen LogP contribution in [0.5, 0.6) is 11.5 Å². The smallest absolute Gasteiger partial charge is 0.119 e. The first-order valence-electron chi connectivity index (χ1n) is 14.7. The van der Waals surface area contributed by atoms with Crippen LogP contribution < -0.4 is 4.74 Å². The van der Waals surface area contributed by atoms with Crippen molar-refractivity contribution in [2.24, 2.45) is 0 Å². The van der Waals surface area contributed by atoms with Crippen molar-refractivity contribution in [1.82, 2.24) is 9.80 Å². The van der Waals surface area contributed by atoms with Gasteiger partial charge >= 0.3 is 0 Å². The van der Waals surface area contributed by atoms with Crippen LogP contribution >= 0.6 is 11.3 Å². The van der Waals surface area contributed by atoms with Crippen molar-refractivity contribution in [2.45, 2.75) is 51.6 Å². The zero-order valence-corrected chi connectivity index (χ0v) is 24.3. The number of hydrogen-bond donors (Lipinski definition) is 2. The van der Waals surface area contributed by atoms with Gasteiger partial charge in [-0.25, -0.2) is 0 Å². The second-order valence-corrected chi connectivity index (χ2v) is 12.5. The van der Waals surface area contributed by atoms with Crippen LogP contribution in [-0.2, 0) is 13.0 Å². The maximum Gasteiger partial charge on any atom is 0.119 e. The van der Waals surface area contributed by atoms with Gasteiger partial charge < -0.3 is 14.9 Å². The predicted octanol–water partition coefficient (Wildman–Crippen LogP) is 6.60. The summed E-state index contributed by atoms with van der Waals surface area (Å²) >= 11 is 1.74. The minimum Gasteiger partial charge on any atom is -0.508 e. The molecule has 210 valence electrons. The summed E-state index contributed by atoms with van der Waals surface area (Å²) in [5.74, 6) is 1.22. The Balaban J connectivity index is 1.22. The molecule has 1 aromatic heterocycles. The second-order valence-electron chi connectivity index (χ2n) is 11.4. The standard InChI is InChI=1S/C34H40N2O3S/c1-24-19-25(6-7-27(24)22-36-16-4-5-28(36)23-37)20-32-31-13-10-29(38)21-33(31)40-34(32)26-8-11-30(12-9-26)39-18-17-35-14-2-3-15-35/h6-13,19,21,28,37-38H,2-5,14-18,20,22-23H2,1H3/t28-/m0/s1. The monoisotopic (exact) mass is 556 g/mol. The molecule has 3 heterocycles. The lowest BCUT2D eigenvalue weighted by Gasteiger charge is -2.23. The molecular formula is C34H40N2O3S. The minimum atomic E-state index is 0.242. The fourth-order valence-electron chi connectivity index (χ4n) is 6.33. The van der Waals surface area contributed by atoms with E-state index in [9.17, 15) is 10.2 Å². The molecule has 0 radical (unpaired) electrons. The van der Waals surface area contributed by atoms with E-state index < -0.39 is 0 Å². The number of nitrogens with zero attached hydrogens (tertiary/aromatic N) is 2. The van der Waals surface area contributed by atoms with Gasteiger partial charge in [-0.15, -0.1) is 11.3 Å². The molecule has 6 heteroatoms. The molecule has 0 aliphatic carbocycles. The van der Waals surface area contributed by atoms with Crippen LogP contribution in [0.25, 0.3) is 20.5 Å². The Labute approximate surface area is 241 Å². The van der Waals surface area contributed by atoms with Crippen molar-refractivity contribution < 1.29 is 14.9 Å².